The third-order valence-corrected chi connectivity index (χ3v) is 5.79. The first-order valence-electron chi connectivity index (χ1n) is 9.15. The highest BCUT2D eigenvalue weighted by atomic mass is 19.1. The maximum Gasteiger partial charge on any atom is 0.319 e. The van der Waals surface area contributed by atoms with Gasteiger partial charge in [-0.2, -0.15) is 0 Å². The smallest absolute Gasteiger partial charge is 0.319 e. The van der Waals surface area contributed by atoms with Crippen LogP contribution in [0.4, 0.5) is 20.6 Å². The van der Waals surface area contributed by atoms with Gasteiger partial charge in [0, 0.05) is 18.8 Å². The zero-order valence-corrected chi connectivity index (χ0v) is 14.5. The molecule has 24 heavy (non-hydrogen) atoms. The Morgan fingerprint density at radius 1 is 1.12 bits per heavy atom. The van der Waals surface area contributed by atoms with Crippen LogP contribution in [0.5, 0.6) is 0 Å². The summed E-state index contributed by atoms with van der Waals surface area (Å²) >= 11 is 0. The van der Waals surface area contributed by atoms with E-state index in [0.29, 0.717) is 16.8 Å². The van der Waals surface area contributed by atoms with Crippen LogP contribution in [0.25, 0.3) is 0 Å². The van der Waals surface area contributed by atoms with E-state index in [2.05, 4.69) is 16.0 Å². The number of carbonyl (C=O) groups is 1. The van der Waals surface area contributed by atoms with E-state index < -0.39 is 0 Å². The summed E-state index contributed by atoms with van der Waals surface area (Å²) < 4.78 is 13.5. The number of urea groups is 1. The summed E-state index contributed by atoms with van der Waals surface area (Å²) in [6.07, 6.45) is 11.5. The molecule has 0 aliphatic heterocycles. The van der Waals surface area contributed by atoms with Gasteiger partial charge in [0.05, 0.1) is 5.69 Å². The van der Waals surface area contributed by atoms with Gasteiger partial charge in [0.2, 0.25) is 0 Å². The maximum atomic E-state index is 13.5. The van der Waals surface area contributed by atoms with Gasteiger partial charge in [-0.3, -0.25) is 0 Å². The first-order chi connectivity index (χ1) is 11.6. The Bertz CT molecular complexity index is 574. The molecule has 3 rings (SSSR count). The summed E-state index contributed by atoms with van der Waals surface area (Å²) in [5.74, 6) is -0.325. The molecule has 2 fully saturated rings. The molecule has 0 heterocycles. The van der Waals surface area contributed by atoms with Crippen LogP contribution in [0.15, 0.2) is 18.2 Å². The molecule has 4 nitrogen and oxygen atoms in total. The van der Waals surface area contributed by atoms with Crippen LogP contribution in [0, 0.1) is 11.2 Å². The Balaban J connectivity index is 1.49. The van der Waals surface area contributed by atoms with Gasteiger partial charge in [-0.1, -0.05) is 19.3 Å². The molecule has 132 valence electrons. The molecule has 5 heteroatoms. The van der Waals surface area contributed by atoms with E-state index in [0.717, 1.165) is 12.8 Å². The zero-order valence-electron chi connectivity index (χ0n) is 14.5. The number of hydrogen-bond donors (Lipinski definition) is 3. The first-order valence-corrected chi connectivity index (χ1v) is 9.15. The van der Waals surface area contributed by atoms with Crippen molar-refractivity contribution >= 4 is 17.4 Å². The summed E-state index contributed by atoms with van der Waals surface area (Å²) in [5, 5.41) is 8.66. The first kappa shape index (κ1) is 17.1. The van der Waals surface area contributed by atoms with Crippen LogP contribution in [0.3, 0.4) is 0 Å². The predicted octanol–water partition coefficient (Wildman–Crippen LogP) is 4.88. The van der Waals surface area contributed by atoms with Crippen molar-refractivity contribution in [3.05, 3.63) is 24.0 Å². The van der Waals surface area contributed by atoms with Crippen LogP contribution < -0.4 is 16.0 Å². The third kappa shape index (κ3) is 4.00. The third-order valence-electron chi connectivity index (χ3n) is 5.79. The lowest BCUT2D eigenvalue weighted by Crippen LogP contribution is -2.43. The van der Waals surface area contributed by atoms with Gasteiger partial charge in [0.25, 0.3) is 0 Å². The van der Waals surface area contributed by atoms with Crippen molar-refractivity contribution in [3.63, 3.8) is 0 Å². The average Bonchev–Trinajstić information content (AvgIpc) is 2.60. The highest BCUT2D eigenvalue weighted by Gasteiger charge is 2.36. The topological polar surface area (TPSA) is 53.2 Å². The number of nitrogens with one attached hydrogen (secondary N) is 3. The Morgan fingerprint density at radius 2 is 1.83 bits per heavy atom. The molecular formula is C19H28FN3O. The maximum absolute atomic E-state index is 13.5. The molecule has 1 aromatic rings. The molecule has 0 unspecified atom stereocenters. The fourth-order valence-corrected chi connectivity index (χ4v) is 4.32. The zero-order chi connectivity index (χ0) is 17.0. The predicted molar refractivity (Wildman–Crippen MR) is 95.9 cm³/mol. The highest BCUT2D eigenvalue weighted by Crippen LogP contribution is 2.47. The molecule has 0 bridgehead atoms. The van der Waals surface area contributed by atoms with Crippen molar-refractivity contribution in [1.29, 1.82) is 0 Å². The number of amides is 2. The molecule has 2 amide bonds. The van der Waals surface area contributed by atoms with E-state index in [1.807, 2.05) is 0 Å². The summed E-state index contributed by atoms with van der Waals surface area (Å²) in [7, 11) is 1.66. The lowest BCUT2D eigenvalue weighted by atomic mass is 9.64. The van der Waals surface area contributed by atoms with Crippen molar-refractivity contribution in [1.82, 2.24) is 5.32 Å². The summed E-state index contributed by atoms with van der Waals surface area (Å²) in [5.41, 5.74) is 1.54. The van der Waals surface area contributed by atoms with E-state index in [-0.39, 0.29) is 17.9 Å². The molecule has 0 saturated heterocycles. The molecule has 0 radical (unpaired) electrons. The number of rotatable bonds is 3. The summed E-state index contributed by atoms with van der Waals surface area (Å²) in [6, 6.07) is 4.59. The number of halogens is 1. The van der Waals surface area contributed by atoms with Crippen LogP contribution in [-0.2, 0) is 0 Å². The molecule has 3 N–H and O–H groups in total. The Kier molecular flexibility index (Phi) is 5.27. The van der Waals surface area contributed by atoms with Crippen molar-refractivity contribution in [3.8, 4) is 0 Å². The van der Waals surface area contributed by atoms with E-state index >= 15 is 0 Å². The van der Waals surface area contributed by atoms with E-state index in [4.69, 9.17) is 0 Å². The van der Waals surface area contributed by atoms with Crippen molar-refractivity contribution in [2.24, 2.45) is 5.41 Å². The monoisotopic (exact) mass is 333 g/mol. The van der Waals surface area contributed by atoms with Gasteiger partial charge < -0.3 is 16.0 Å². The fourth-order valence-electron chi connectivity index (χ4n) is 4.32. The van der Waals surface area contributed by atoms with Gasteiger partial charge in [0.1, 0.15) is 5.82 Å². The second kappa shape index (κ2) is 7.41. The molecule has 1 spiro atoms. The fraction of sp³-hybridized carbons (Fsp3) is 0.632. The number of benzene rings is 1. The molecule has 0 atom stereocenters. The summed E-state index contributed by atoms with van der Waals surface area (Å²) in [6.45, 7) is 0. The molecule has 2 aliphatic carbocycles. The van der Waals surface area contributed by atoms with E-state index in [9.17, 15) is 9.18 Å². The van der Waals surface area contributed by atoms with Gasteiger partial charge >= 0.3 is 6.03 Å². The lowest BCUT2D eigenvalue weighted by molar-refractivity contribution is 0.109. The number of hydrogen-bond acceptors (Lipinski definition) is 2. The molecule has 2 saturated carbocycles. The highest BCUT2D eigenvalue weighted by molar-refractivity contribution is 5.90. The molecule has 1 aromatic carbocycles. The van der Waals surface area contributed by atoms with Gasteiger partial charge in [-0.05, 0) is 62.1 Å². The van der Waals surface area contributed by atoms with Crippen molar-refractivity contribution in [2.45, 2.75) is 63.8 Å². The number of anilines is 2. The van der Waals surface area contributed by atoms with Crippen LogP contribution in [0.2, 0.25) is 0 Å². The van der Waals surface area contributed by atoms with E-state index in [1.54, 1.807) is 19.2 Å². The number of carbonyl (C=O) groups excluding carboxylic acids is 1. The minimum absolute atomic E-state index is 0.201. The van der Waals surface area contributed by atoms with Gasteiger partial charge in [-0.25, -0.2) is 9.18 Å². The van der Waals surface area contributed by atoms with Crippen LogP contribution >= 0.6 is 0 Å². The SMILES string of the molecule is CNc1cc(NC(=O)NC2CCC3(CCCCC3)CC2)ccc1F. The quantitative estimate of drug-likeness (QED) is 0.738. The minimum Gasteiger partial charge on any atom is -0.386 e. The van der Waals surface area contributed by atoms with Gasteiger partial charge in [0.15, 0.2) is 0 Å². The van der Waals surface area contributed by atoms with Crippen molar-refractivity contribution in [2.75, 3.05) is 17.7 Å². The van der Waals surface area contributed by atoms with Crippen molar-refractivity contribution < 1.29 is 9.18 Å². The largest absolute Gasteiger partial charge is 0.386 e. The Morgan fingerprint density at radius 3 is 2.50 bits per heavy atom. The second-order valence-electron chi connectivity index (χ2n) is 7.38. The Hall–Kier alpha value is -1.78. The normalized spacial score (nSPS) is 20.6. The molecule has 0 aromatic heterocycles. The molecular weight excluding hydrogens is 305 g/mol. The van der Waals surface area contributed by atoms with E-state index in [1.165, 1.54) is 51.0 Å². The van der Waals surface area contributed by atoms with Crippen LogP contribution in [-0.4, -0.2) is 19.1 Å². The van der Waals surface area contributed by atoms with Crippen LogP contribution in [0.1, 0.15) is 57.8 Å². The van der Waals surface area contributed by atoms with Gasteiger partial charge in [-0.15, -0.1) is 0 Å². The molecule has 2 aliphatic rings. The minimum atomic E-state index is -0.325. The second-order valence-corrected chi connectivity index (χ2v) is 7.38. The summed E-state index contributed by atoms with van der Waals surface area (Å²) in [4.78, 5) is 12.2. The average molecular weight is 333 g/mol. The standard InChI is InChI=1S/C19H28FN3O/c1-21-17-13-15(5-6-16(17)20)23-18(24)22-14-7-11-19(12-8-14)9-3-2-4-10-19/h5-6,13-14,21H,2-4,7-12H2,1H3,(H2,22,23,24). The Labute approximate surface area is 143 Å². The lowest BCUT2D eigenvalue weighted by Gasteiger charge is -2.43.